The van der Waals surface area contributed by atoms with Gasteiger partial charge in [0.25, 0.3) is 11.7 Å². The number of carbonyl (C=O) groups excluding carboxylic acids is 2. The normalized spacial score (nSPS) is 16.9. The topological polar surface area (TPSA) is 76.1 Å². The second-order valence-corrected chi connectivity index (χ2v) is 8.83. The minimum absolute atomic E-state index is 0.0374. The highest BCUT2D eigenvalue weighted by molar-refractivity contribution is 6.51. The highest BCUT2D eigenvalue weighted by atomic mass is 16.5. The molecule has 3 aromatic rings. The zero-order valence-electron chi connectivity index (χ0n) is 21.3. The number of nitrogens with zero attached hydrogens (tertiary/aromatic N) is 1. The highest BCUT2D eigenvalue weighted by Crippen LogP contribution is 2.44. The first kappa shape index (κ1) is 25.0. The number of ether oxygens (including phenoxy) is 2. The van der Waals surface area contributed by atoms with Gasteiger partial charge in [-0.2, -0.15) is 0 Å². The van der Waals surface area contributed by atoms with E-state index in [-0.39, 0.29) is 11.3 Å². The molecule has 0 radical (unpaired) electrons. The number of aliphatic hydroxyl groups is 1. The molecule has 6 heteroatoms. The van der Waals surface area contributed by atoms with Crippen LogP contribution in [0.2, 0.25) is 0 Å². The SMILES string of the molecule is CCOc1cc(C2/C(=C(/O)c3ccc(C)c(C)c3)C(=O)C(=O)N2c2ccc(CC)cc2)ccc1OC. The molecule has 1 saturated heterocycles. The van der Waals surface area contributed by atoms with Gasteiger partial charge in [0, 0.05) is 11.3 Å². The van der Waals surface area contributed by atoms with Gasteiger partial charge in [-0.25, -0.2) is 0 Å². The molecule has 0 aliphatic carbocycles. The van der Waals surface area contributed by atoms with Gasteiger partial charge in [0.05, 0.1) is 25.3 Å². The summed E-state index contributed by atoms with van der Waals surface area (Å²) in [6.45, 7) is 8.26. The molecule has 6 nitrogen and oxygen atoms in total. The van der Waals surface area contributed by atoms with Gasteiger partial charge in [-0.3, -0.25) is 14.5 Å². The number of rotatable bonds is 7. The monoisotopic (exact) mass is 485 g/mol. The zero-order chi connectivity index (χ0) is 26.0. The molecule has 1 fully saturated rings. The summed E-state index contributed by atoms with van der Waals surface area (Å²) in [4.78, 5) is 28.3. The maximum absolute atomic E-state index is 13.4. The van der Waals surface area contributed by atoms with E-state index in [4.69, 9.17) is 9.47 Å². The zero-order valence-corrected chi connectivity index (χ0v) is 21.3. The van der Waals surface area contributed by atoms with Crippen LogP contribution in [0.15, 0.2) is 66.2 Å². The second-order valence-electron chi connectivity index (χ2n) is 8.83. The average molecular weight is 486 g/mol. The van der Waals surface area contributed by atoms with Crippen molar-refractivity contribution in [3.63, 3.8) is 0 Å². The quantitative estimate of drug-likeness (QED) is 0.256. The lowest BCUT2D eigenvalue weighted by Gasteiger charge is -2.26. The van der Waals surface area contributed by atoms with E-state index in [1.54, 1.807) is 31.4 Å². The summed E-state index contributed by atoms with van der Waals surface area (Å²) in [6.07, 6.45) is 0.853. The van der Waals surface area contributed by atoms with Crippen molar-refractivity contribution < 1.29 is 24.2 Å². The van der Waals surface area contributed by atoms with Crippen molar-refractivity contribution in [1.29, 1.82) is 0 Å². The number of amides is 1. The number of carbonyl (C=O) groups is 2. The van der Waals surface area contributed by atoms with E-state index in [1.807, 2.05) is 57.2 Å². The van der Waals surface area contributed by atoms with Crippen LogP contribution in [0, 0.1) is 13.8 Å². The number of anilines is 1. The van der Waals surface area contributed by atoms with Crippen molar-refractivity contribution in [2.24, 2.45) is 0 Å². The summed E-state index contributed by atoms with van der Waals surface area (Å²) in [5.74, 6) is -0.593. The summed E-state index contributed by atoms with van der Waals surface area (Å²) in [5.41, 5.74) is 4.89. The van der Waals surface area contributed by atoms with E-state index < -0.39 is 17.7 Å². The molecule has 0 saturated carbocycles. The number of aryl methyl sites for hydroxylation is 3. The molecule has 186 valence electrons. The van der Waals surface area contributed by atoms with Crippen molar-refractivity contribution >= 4 is 23.1 Å². The third-order valence-corrected chi connectivity index (χ3v) is 6.65. The molecule has 3 aromatic carbocycles. The number of ketones is 1. The molecule has 1 aliphatic heterocycles. The summed E-state index contributed by atoms with van der Waals surface area (Å²) in [7, 11) is 1.55. The molecule has 1 N–H and O–H groups in total. The average Bonchev–Trinajstić information content (AvgIpc) is 3.15. The van der Waals surface area contributed by atoms with Crippen LogP contribution in [0.5, 0.6) is 11.5 Å². The summed E-state index contributed by atoms with van der Waals surface area (Å²) in [6, 6.07) is 17.5. The predicted molar refractivity (Wildman–Crippen MR) is 141 cm³/mol. The van der Waals surface area contributed by atoms with Crippen molar-refractivity contribution in [3.05, 3.63) is 94.1 Å². The fourth-order valence-electron chi connectivity index (χ4n) is 4.48. The Morgan fingerprint density at radius 2 is 1.64 bits per heavy atom. The van der Waals surface area contributed by atoms with Crippen molar-refractivity contribution in [2.45, 2.75) is 40.2 Å². The third-order valence-electron chi connectivity index (χ3n) is 6.65. The van der Waals surface area contributed by atoms with Gasteiger partial charge in [-0.05, 0) is 79.8 Å². The number of aliphatic hydroxyl groups excluding tert-OH is 1. The molecule has 0 spiro atoms. The van der Waals surface area contributed by atoms with Crippen LogP contribution in [0.1, 0.15) is 47.7 Å². The van der Waals surface area contributed by atoms with Gasteiger partial charge in [-0.1, -0.05) is 37.3 Å². The van der Waals surface area contributed by atoms with E-state index >= 15 is 0 Å². The number of benzene rings is 3. The van der Waals surface area contributed by atoms with Crippen LogP contribution >= 0.6 is 0 Å². The maximum Gasteiger partial charge on any atom is 0.300 e. The second kappa shape index (κ2) is 10.3. The highest BCUT2D eigenvalue weighted by Gasteiger charge is 2.47. The minimum atomic E-state index is -0.843. The Kier molecular flexibility index (Phi) is 7.15. The smallest absolute Gasteiger partial charge is 0.300 e. The van der Waals surface area contributed by atoms with Crippen LogP contribution in [0.25, 0.3) is 5.76 Å². The lowest BCUT2D eigenvalue weighted by atomic mass is 9.94. The Morgan fingerprint density at radius 3 is 2.25 bits per heavy atom. The van der Waals surface area contributed by atoms with Crippen molar-refractivity contribution in [1.82, 2.24) is 0 Å². The largest absolute Gasteiger partial charge is 0.507 e. The first-order valence-electron chi connectivity index (χ1n) is 12.1. The van der Waals surface area contributed by atoms with Crippen LogP contribution in [0.4, 0.5) is 5.69 Å². The van der Waals surface area contributed by atoms with E-state index in [0.717, 1.165) is 23.1 Å². The van der Waals surface area contributed by atoms with E-state index in [2.05, 4.69) is 6.92 Å². The predicted octanol–water partition coefficient (Wildman–Crippen LogP) is 5.90. The first-order chi connectivity index (χ1) is 17.3. The number of hydrogen-bond acceptors (Lipinski definition) is 5. The van der Waals surface area contributed by atoms with Gasteiger partial charge in [0.1, 0.15) is 5.76 Å². The fraction of sp³-hybridized carbons (Fsp3) is 0.267. The molecule has 0 bridgehead atoms. The number of methoxy groups -OCH3 is 1. The molecule has 1 aliphatic rings. The Balaban J connectivity index is 1.95. The minimum Gasteiger partial charge on any atom is -0.507 e. The van der Waals surface area contributed by atoms with Crippen LogP contribution in [-0.4, -0.2) is 30.5 Å². The summed E-state index contributed by atoms with van der Waals surface area (Å²) in [5, 5.41) is 11.4. The molecular weight excluding hydrogens is 454 g/mol. The van der Waals surface area contributed by atoms with Gasteiger partial charge < -0.3 is 14.6 Å². The molecule has 1 unspecified atom stereocenters. The van der Waals surface area contributed by atoms with Crippen LogP contribution < -0.4 is 14.4 Å². The molecule has 1 amide bonds. The summed E-state index contributed by atoms with van der Waals surface area (Å²) < 4.78 is 11.2. The summed E-state index contributed by atoms with van der Waals surface area (Å²) >= 11 is 0. The van der Waals surface area contributed by atoms with Gasteiger partial charge in [0.15, 0.2) is 11.5 Å². The molecule has 4 rings (SSSR count). The van der Waals surface area contributed by atoms with Crippen LogP contribution in [-0.2, 0) is 16.0 Å². The van der Waals surface area contributed by atoms with E-state index in [9.17, 15) is 14.7 Å². The van der Waals surface area contributed by atoms with Crippen molar-refractivity contribution in [3.8, 4) is 11.5 Å². The Morgan fingerprint density at radius 1 is 0.917 bits per heavy atom. The van der Waals surface area contributed by atoms with Gasteiger partial charge in [0.2, 0.25) is 0 Å². The molecule has 1 atom stereocenters. The Bertz CT molecular complexity index is 1340. The maximum atomic E-state index is 13.4. The third kappa shape index (κ3) is 4.47. The fourth-order valence-corrected chi connectivity index (χ4v) is 4.48. The molecule has 0 aromatic heterocycles. The standard InChI is InChI=1S/C30H31NO5/c1-6-20-9-13-23(14-10-20)31-27(21-12-15-24(35-5)25(17-21)36-7-2)26(29(33)30(31)34)28(32)22-11-8-18(3)19(4)16-22/h8-17,27,32H,6-7H2,1-5H3/b28-26-. The van der Waals surface area contributed by atoms with Gasteiger partial charge >= 0.3 is 0 Å². The lowest BCUT2D eigenvalue weighted by molar-refractivity contribution is -0.132. The molecule has 36 heavy (non-hydrogen) atoms. The van der Waals surface area contributed by atoms with E-state index in [1.165, 1.54) is 4.90 Å². The van der Waals surface area contributed by atoms with E-state index in [0.29, 0.717) is 34.9 Å². The molecular formula is C30H31NO5. The number of Topliss-reactive ketones (excluding diaryl/α,β-unsaturated/α-hetero) is 1. The first-order valence-corrected chi connectivity index (χ1v) is 12.1. The number of hydrogen-bond donors (Lipinski definition) is 1. The van der Waals surface area contributed by atoms with Crippen LogP contribution in [0.3, 0.4) is 0 Å². The van der Waals surface area contributed by atoms with Gasteiger partial charge in [-0.15, -0.1) is 0 Å². The lowest BCUT2D eigenvalue weighted by Crippen LogP contribution is -2.29. The Labute approximate surface area is 211 Å². The molecule has 1 heterocycles. The Hall–Kier alpha value is -4.06. The van der Waals surface area contributed by atoms with Crippen molar-refractivity contribution in [2.75, 3.05) is 18.6 Å².